The van der Waals surface area contributed by atoms with E-state index < -0.39 is 0 Å². The van der Waals surface area contributed by atoms with Crippen LogP contribution >= 0.6 is 11.6 Å². The number of hydrogen-bond acceptors (Lipinski definition) is 5. The van der Waals surface area contributed by atoms with Gasteiger partial charge in [-0.1, -0.05) is 48.4 Å². The second-order valence-electron chi connectivity index (χ2n) is 8.29. The summed E-state index contributed by atoms with van der Waals surface area (Å²) in [6.45, 7) is 3.50. The van der Waals surface area contributed by atoms with E-state index in [-0.39, 0.29) is 5.78 Å². The monoisotopic (exact) mass is 437 g/mol. The molecule has 1 aromatic heterocycles. The summed E-state index contributed by atoms with van der Waals surface area (Å²) in [6, 6.07) is 14.6. The second kappa shape index (κ2) is 9.73. The first kappa shape index (κ1) is 21.7. The number of nitrogens with zero attached hydrogens (tertiary/aromatic N) is 5. The lowest BCUT2D eigenvalue weighted by Gasteiger charge is -2.24. The first-order chi connectivity index (χ1) is 15.0. The fraction of sp³-hybridized carbons (Fsp3) is 0.375. The average molecular weight is 438 g/mol. The number of hydrogen-bond donors (Lipinski definition) is 0. The van der Waals surface area contributed by atoms with Crippen molar-refractivity contribution in [2.45, 2.75) is 32.4 Å². The molecule has 4 rings (SSSR count). The van der Waals surface area contributed by atoms with Crippen molar-refractivity contribution < 1.29 is 4.79 Å². The number of aromatic nitrogens is 3. The van der Waals surface area contributed by atoms with Crippen LogP contribution in [0.15, 0.2) is 48.5 Å². The lowest BCUT2D eigenvalue weighted by atomic mass is 10.0. The number of halogens is 1. The Balaban J connectivity index is 1.74. The van der Waals surface area contributed by atoms with Crippen LogP contribution in [0, 0.1) is 0 Å². The summed E-state index contributed by atoms with van der Waals surface area (Å²) >= 11 is 6.28. The number of benzene rings is 2. The largest absolute Gasteiger partial charge is 0.302 e. The van der Waals surface area contributed by atoms with Gasteiger partial charge in [-0.25, -0.2) is 9.67 Å². The summed E-state index contributed by atoms with van der Waals surface area (Å²) in [4.78, 5) is 22.6. The Morgan fingerprint density at radius 2 is 1.81 bits per heavy atom. The van der Waals surface area contributed by atoms with Crippen LogP contribution in [-0.4, -0.2) is 57.5 Å². The van der Waals surface area contributed by atoms with Gasteiger partial charge in [-0.2, -0.15) is 0 Å². The standard InChI is InChI=1S/C24H28ClN5O/c1-28(2)17-23-26-22(16-29-13-7-4-8-14-29)27-30(23)21-12-11-19(25)15-20(21)24(31)18-9-5-3-6-10-18/h3,5-6,9-12,15H,4,7-8,13-14,16-17H2,1-2H3. The van der Waals surface area contributed by atoms with Crippen LogP contribution in [-0.2, 0) is 13.1 Å². The normalized spacial score (nSPS) is 14.8. The highest BCUT2D eigenvalue weighted by atomic mass is 35.5. The molecule has 0 N–H and O–H groups in total. The third-order valence-electron chi connectivity index (χ3n) is 5.46. The third-order valence-corrected chi connectivity index (χ3v) is 5.69. The first-order valence-corrected chi connectivity index (χ1v) is 11.1. The molecule has 2 heterocycles. The molecule has 0 aliphatic carbocycles. The maximum atomic E-state index is 13.3. The van der Waals surface area contributed by atoms with Crippen LogP contribution in [0.25, 0.3) is 5.69 Å². The quantitative estimate of drug-likeness (QED) is 0.518. The van der Waals surface area contributed by atoms with Gasteiger partial charge < -0.3 is 4.90 Å². The SMILES string of the molecule is CN(C)Cc1nc(CN2CCCCC2)nn1-c1ccc(Cl)cc1C(=O)c1ccccc1. The van der Waals surface area contributed by atoms with Gasteiger partial charge in [-0.05, 0) is 58.2 Å². The molecule has 0 unspecified atom stereocenters. The highest BCUT2D eigenvalue weighted by Crippen LogP contribution is 2.24. The molecule has 0 spiro atoms. The summed E-state index contributed by atoms with van der Waals surface area (Å²) in [5.41, 5.74) is 1.84. The van der Waals surface area contributed by atoms with Crippen molar-refractivity contribution in [1.82, 2.24) is 24.6 Å². The first-order valence-electron chi connectivity index (χ1n) is 10.7. The number of likely N-dealkylation sites (tertiary alicyclic amines) is 1. The molecule has 1 saturated heterocycles. The van der Waals surface area contributed by atoms with Crippen LogP contribution in [0.5, 0.6) is 0 Å². The fourth-order valence-electron chi connectivity index (χ4n) is 3.97. The topological polar surface area (TPSA) is 54.3 Å². The third kappa shape index (κ3) is 5.21. The smallest absolute Gasteiger partial charge is 0.195 e. The van der Waals surface area contributed by atoms with Crippen LogP contribution in [0.1, 0.15) is 46.8 Å². The van der Waals surface area contributed by atoms with Crippen molar-refractivity contribution in [3.8, 4) is 5.69 Å². The van der Waals surface area contributed by atoms with Gasteiger partial charge >= 0.3 is 0 Å². The molecular weight excluding hydrogens is 410 g/mol. The maximum absolute atomic E-state index is 13.3. The van der Waals surface area contributed by atoms with Gasteiger partial charge in [0.15, 0.2) is 11.6 Å². The van der Waals surface area contributed by atoms with Crippen molar-refractivity contribution >= 4 is 17.4 Å². The Morgan fingerprint density at radius 1 is 1.06 bits per heavy atom. The van der Waals surface area contributed by atoms with Gasteiger partial charge in [-0.15, -0.1) is 5.10 Å². The minimum absolute atomic E-state index is 0.0815. The summed E-state index contributed by atoms with van der Waals surface area (Å²) < 4.78 is 1.81. The predicted molar refractivity (Wildman–Crippen MR) is 123 cm³/mol. The lowest BCUT2D eigenvalue weighted by Crippen LogP contribution is -2.29. The molecule has 7 heteroatoms. The molecule has 0 radical (unpaired) electrons. The molecule has 1 fully saturated rings. The van der Waals surface area contributed by atoms with E-state index in [4.69, 9.17) is 21.7 Å². The Labute approximate surface area is 188 Å². The molecule has 31 heavy (non-hydrogen) atoms. The van der Waals surface area contributed by atoms with Gasteiger partial charge in [-0.3, -0.25) is 9.69 Å². The van der Waals surface area contributed by atoms with Gasteiger partial charge in [0.1, 0.15) is 5.82 Å². The van der Waals surface area contributed by atoms with E-state index >= 15 is 0 Å². The Hall–Kier alpha value is -2.54. The van der Waals surface area contributed by atoms with Gasteiger partial charge in [0.25, 0.3) is 0 Å². The number of carbonyl (C=O) groups excluding carboxylic acids is 1. The van der Waals surface area contributed by atoms with E-state index in [1.54, 1.807) is 12.1 Å². The van der Waals surface area contributed by atoms with Crippen LogP contribution < -0.4 is 0 Å². The molecule has 162 valence electrons. The van der Waals surface area contributed by atoms with E-state index in [0.29, 0.717) is 28.4 Å². The highest BCUT2D eigenvalue weighted by molar-refractivity contribution is 6.31. The van der Waals surface area contributed by atoms with Gasteiger partial charge in [0, 0.05) is 16.1 Å². The summed E-state index contributed by atoms with van der Waals surface area (Å²) in [7, 11) is 4.00. The summed E-state index contributed by atoms with van der Waals surface area (Å²) in [5, 5.41) is 5.36. The molecule has 6 nitrogen and oxygen atoms in total. The van der Waals surface area contributed by atoms with E-state index in [2.05, 4.69) is 9.80 Å². The molecular formula is C24H28ClN5O. The van der Waals surface area contributed by atoms with Crippen molar-refractivity contribution in [1.29, 1.82) is 0 Å². The Kier molecular flexibility index (Phi) is 6.80. The fourth-order valence-corrected chi connectivity index (χ4v) is 4.15. The number of carbonyl (C=O) groups is 1. The van der Waals surface area contributed by atoms with E-state index in [9.17, 15) is 4.79 Å². The van der Waals surface area contributed by atoms with Crippen molar-refractivity contribution in [3.63, 3.8) is 0 Å². The zero-order valence-corrected chi connectivity index (χ0v) is 18.8. The molecule has 0 bridgehead atoms. The molecule has 0 atom stereocenters. The molecule has 0 amide bonds. The van der Waals surface area contributed by atoms with E-state index in [1.807, 2.05) is 55.2 Å². The van der Waals surface area contributed by atoms with Crippen LogP contribution in [0.3, 0.4) is 0 Å². The zero-order chi connectivity index (χ0) is 21.8. The van der Waals surface area contributed by atoms with E-state index in [1.165, 1.54) is 19.3 Å². The van der Waals surface area contributed by atoms with Gasteiger partial charge in [0.2, 0.25) is 0 Å². The Bertz CT molecular complexity index is 1040. The molecule has 2 aromatic carbocycles. The molecule has 0 saturated carbocycles. The summed E-state index contributed by atoms with van der Waals surface area (Å²) in [6.07, 6.45) is 3.73. The van der Waals surface area contributed by atoms with Crippen molar-refractivity contribution in [2.24, 2.45) is 0 Å². The zero-order valence-electron chi connectivity index (χ0n) is 18.1. The van der Waals surface area contributed by atoms with Crippen molar-refractivity contribution in [2.75, 3.05) is 27.2 Å². The highest BCUT2D eigenvalue weighted by Gasteiger charge is 2.21. The maximum Gasteiger partial charge on any atom is 0.195 e. The average Bonchev–Trinajstić information content (AvgIpc) is 3.15. The van der Waals surface area contributed by atoms with Crippen LogP contribution in [0.4, 0.5) is 0 Å². The predicted octanol–water partition coefficient (Wildman–Crippen LogP) is 4.20. The number of ketones is 1. The summed E-state index contributed by atoms with van der Waals surface area (Å²) in [5.74, 6) is 1.51. The Morgan fingerprint density at radius 3 is 2.52 bits per heavy atom. The number of rotatable bonds is 7. The minimum Gasteiger partial charge on any atom is -0.302 e. The molecule has 1 aliphatic heterocycles. The van der Waals surface area contributed by atoms with Gasteiger partial charge in [0.05, 0.1) is 18.8 Å². The van der Waals surface area contributed by atoms with E-state index in [0.717, 1.165) is 31.3 Å². The minimum atomic E-state index is -0.0815. The number of piperidine rings is 1. The van der Waals surface area contributed by atoms with Crippen molar-refractivity contribution in [3.05, 3.63) is 76.3 Å². The molecule has 3 aromatic rings. The molecule has 1 aliphatic rings. The van der Waals surface area contributed by atoms with Crippen LogP contribution in [0.2, 0.25) is 5.02 Å². The lowest BCUT2D eigenvalue weighted by molar-refractivity contribution is 0.103. The second-order valence-corrected chi connectivity index (χ2v) is 8.72.